The van der Waals surface area contributed by atoms with Gasteiger partial charge in [0.25, 0.3) is 0 Å². The van der Waals surface area contributed by atoms with E-state index in [1.807, 2.05) is 31.2 Å². The lowest BCUT2D eigenvalue weighted by Crippen LogP contribution is -2.01. The van der Waals surface area contributed by atoms with Gasteiger partial charge in [-0.1, -0.05) is 24.2 Å². The Hall–Kier alpha value is -1.51. The van der Waals surface area contributed by atoms with Crippen molar-refractivity contribution in [2.24, 2.45) is 5.16 Å². The fourth-order valence-electron chi connectivity index (χ4n) is 1.21. The van der Waals surface area contributed by atoms with Crippen LogP contribution in [-0.2, 0) is 6.42 Å². The third kappa shape index (κ3) is 2.76. The molecule has 14 heavy (non-hydrogen) atoms. The molecule has 0 aliphatic carbocycles. The number of nitrogens with zero attached hydrogens (tertiary/aromatic N) is 1. The summed E-state index contributed by atoms with van der Waals surface area (Å²) < 4.78 is 5.05. The van der Waals surface area contributed by atoms with Gasteiger partial charge in [0.2, 0.25) is 0 Å². The van der Waals surface area contributed by atoms with E-state index in [-0.39, 0.29) is 0 Å². The molecule has 0 aromatic heterocycles. The first-order valence-electron chi connectivity index (χ1n) is 4.63. The average molecular weight is 193 g/mol. The normalized spacial score (nSPS) is 11.4. The Balaban J connectivity index is 2.68. The van der Waals surface area contributed by atoms with Crippen LogP contribution in [0.4, 0.5) is 0 Å². The second-order valence-electron chi connectivity index (χ2n) is 3.04. The number of oxime groups is 1. The van der Waals surface area contributed by atoms with Gasteiger partial charge in [0.15, 0.2) is 0 Å². The Morgan fingerprint density at radius 1 is 1.36 bits per heavy atom. The molecule has 0 radical (unpaired) electrons. The first-order valence-corrected chi connectivity index (χ1v) is 4.63. The highest BCUT2D eigenvalue weighted by molar-refractivity contribution is 5.85. The molecule has 0 bridgehead atoms. The van der Waals surface area contributed by atoms with Crippen LogP contribution in [0.2, 0.25) is 0 Å². The molecule has 0 saturated heterocycles. The van der Waals surface area contributed by atoms with Crippen molar-refractivity contribution >= 4 is 5.71 Å². The zero-order valence-electron chi connectivity index (χ0n) is 8.53. The first-order chi connectivity index (χ1) is 6.80. The SMILES string of the molecule is CC/C(Cc1ccc(OC)cc1)=N\O. The van der Waals surface area contributed by atoms with Gasteiger partial charge in [0, 0.05) is 6.42 Å². The number of hydrogen-bond donors (Lipinski definition) is 1. The number of benzene rings is 1. The third-order valence-electron chi connectivity index (χ3n) is 2.12. The lowest BCUT2D eigenvalue weighted by atomic mass is 10.1. The van der Waals surface area contributed by atoms with Crippen molar-refractivity contribution in [3.05, 3.63) is 29.8 Å². The van der Waals surface area contributed by atoms with Gasteiger partial charge in [-0.15, -0.1) is 0 Å². The van der Waals surface area contributed by atoms with Crippen molar-refractivity contribution in [2.45, 2.75) is 19.8 Å². The molecule has 0 aliphatic rings. The van der Waals surface area contributed by atoms with Gasteiger partial charge in [-0.3, -0.25) is 0 Å². The molecule has 0 saturated carbocycles. The van der Waals surface area contributed by atoms with Crippen LogP contribution in [0, 0.1) is 0 Å². The fraction of sp³-hybridized carbons (Fsp3) is 0.364. The molecule has 3 nitrogen and oxygen atoms in total. The average Bonchev–Trinajstić information content (AvgIpc) is 2.26. The van der Waals surface area contributed by atoms with Gasteiger partial charge in [-0.2, -0.15) is 0 Å². The van der Waals surface area contributed by atoms with E-state index < -0.39 is 0 Å². The maximum atomic E-state index is 8.65. The largest absolute Gasteiger partial charge is 0.497 e. The standard InChI is InChI=1S/C11H15NO2/c1-3-10(12-13)8-9-4-6-11(14-2)7-5-9/h4-7,13H,3,8H2,1-2H3/b12-10+. The zero-order valence-corrected chi connectivity index (χ0v) is 8.53. The van der Waals surface area contributed by atoms with Gasteiger partial charge >= 0.3 is 0 Å². The molecule has 0 atom stereocenters. The van der Waals surface area contributed by atoms with E-state index in [1.54, 1.807) is 7.11 Å². The highest BCUT2D eigenvalue weighted by Gasteiger charge is 1.99. The van der Waals surface area contributed by atoms with Crippen LogP contribution in [0.3, 0.4) is 0 Å². The minimum absolute atomic E-state index is 0.691. The molecular weight excluding hydrogens is 178 g/mol. The van der Waals surface area contributed by atoms with Crippen molar-refractivity contribution in [3.8, 4) is 5.75 Å². The molecule has 0 aliphatic heterocycles. The molecule has 0 heterocycles. The predicted molar refractivity (Wildman–Crippen MR) is 56.2 cm³/mol. The van der Waals surface area contributed by atoms with Crippen molar-refractivity contribution in [1.29, 1.82) is 0 Å². The Morgan fingerprint density at radius 3 is 2.43 bits per heavy atom. The number of hydrogen-bond acceptors (Lipinski definition) is 3. The summed E-state index contributed by atoms with van der Waals surface area (Å²) in [5.74, 6) is 0.840. The van der Waals surface area contributed by atoms with E-state index in [0.717, 1.165) is 23.4 Å². The third-order valence-corrected chi connectivity index (χ3v) is 2.12. The van der Waals surface area contributed by atoms with Crippen LogP contribution in [0.25, 0.3) is 0 Å². The van der Waals surface area contributed by atoms with E-state index in [4.69, 9.17) is 9.94 Å². The summed E-state index contributed by atoms with van der Waals surface area (Å²) >= 11 is 0. The quantitative estimate of drug-likeness (QED) is 0.453. The van der Waals surface area contributed by atoms with Crippen LogP contribution in [0.1, 0.15) is 18.9 Å². The molecule has 0 fully saturated rings. The van der Waals surface area contributed by atoms with Crippen molar-refractivity contribution in [3.63, 3.8) is 0 Å². The summed E-state index contributed by atoms with van der Waals surface area (Å²) in [5, 5.41) is 11.9. The van der Waals surface area contributed by atoms with Gasteiger partial charge in [0.1, 0.15) is 5.75 Å². The molecule has 1 aromatic carbocycles. The summed E-state index contributed by atoms with van der Waals surface area (Å²) in [6.07, 6.45) is 1.46. The lowest BCUT2D eigenvalue weighted by Gasteiger charge is -2.03. The highest BCUT2D eigenvalue weighted by Crippen LogP contribution is 2.12. The lowest BCUT2D eigenvalue weighted by molar-refractivity contribution is 0.317. The Kier molecular flexibility index (Phi) is 3.98. The molecule has 1 N–H and O–H groups in total. The summed E-state index contributed by atoms with van der Waals surface area (Å²) in [7, 11) is 1.64. The van der Waals surface area contributed by atoms with Gasteiger partial charge in [-0.05, 0) is 24.1 Å². The van der Waals surface area contributed by atoms with E-state index in [2.05, 4.69) is 5.16 Å². The van der Waals surface area contributed by atoms with E-state index in [0.29, 0.717) is 6.42 Å². The van der Waals surface area contributed by atoms with Crippen molar-refractivity contribution in [2.75, 3.05) is 7.11 Å². The van der Waals surface area contributed by atoms with Crippen molar-refractivity contribution < 1.29 is 9.94 Å². The summed E-state index contributed by atoms with van der Waals surface area (Å²) in [5.41, 5.74) is 1.91. The van der Waals surface area contributed by atoms with Crippen LogP contribution >= 0.6 is 0 Å². The van der Waals surface area contributed by atoms with Gasteiger partial charge < -0.3 is 9.94 Å². The van der Waals surface area contributed by atoms with E-state index in [1.165, 1.54) is 0 Å². The molecular formula is C11H15NO2. The monoisotopic (exact) mass is 193 g/mol. The maximum Gasteiger partial charge on any atom is 0.118 e. The topological polar surface area (TPSA) is 41.8 Å². The zero-order chi connectivity index (χ0) is 10.4. The second kappa shape index (κ2) is 5.27. The molecule has 1 rings (SSSR count). The smallest absolute Gasteiger partial charge is 0.118 e. The highest BCUT2D eigenvalue weighted by atomic mass is 16.5. The maximum absolute atomic E-state index is 8.65. The first kappa shape index (κ1) is 10.6. The number of rotatable bonds is 4. The molecule has 0 amide bonds. The molecule has 76 valence electrons. The Labute approximate surface area is 84.0 Å². The Morgan fingerprint density at radius 2 is 2.00 bits per heavy atom. The Bertz CT molecular complexity index is 304. The molecule has 1 aromatic rings. The van der Waals surface area contributed by atoms with E-state index >= 15 is 0 Å². The molecule has 0 spiro atoms. The van der Waals surface area contributed by atoms with Crippen LogP contribution in [0.15, 0.2) is 29.4 Å². The summed E-state index contributed by atoms with van der Waals surface area (Å²) in [6.45, 7) is 1.97. The van der Waals surface area contributed by atoms with E-state index in [9.17, 15) is 0 Å². The minimum Gasteiger partial charge on any atom is -0.497 e. The number of methoxy groups -OCH3 is 1. The minimum atomic E-state index is 0.691. The van der Waals surface area contributed by atoms with Crippen LogP contribution in [-0.4, -0.2) is 18.0 Å². The summed E-state index contributed by atoms with van der Waals surface area (Å²) in [6, 6.07) is 7.75. The van der Waals surface area contributed by atoms with Gasteiger partial charge in [0.05, 0.1) is 12.8 Å². The second-order valence-corrected chi connectivity index (χ2v) is 3.04. The van der Waals surface area contributed by atoms with Crippen LogP contribution in [0.5, 0.6) is 5.75 Å². The van der Waals surface area contributed by atoms with Gasteiger partial charge in [-0.25, -0.2) is 0 Å². The predicted octanol–water partition coefficient (Wildman–Crippen LogP) is 2.48. The molecule has 0 unspecified atom stereocenters. The number of ether oxygens (including phenoxy) is 1. The molecule has 3 heteroatoms. The summed E-state index contributed by atoms with van der Waals surface area (Å²) in [4.78, 5) is 0. The van der Waals surface area contributed by atoms with Crippen LogP contribution < -0.4 is 4.74 Å². The van der Waals surface area contributed by atoms with Crippen molar-refractivity contribution in [1.82, 2.24) is 0 Å². The fourth-order valence-corrected chi connectivity index (χ4v) is 1.21.